The van der Waals surface area contributed by atoms with Gasteiger partial charge in [-0.05, 0) is 12.6 Å². The third kappa shape index (κ3) is 5.00. The largest absolute Gasteiger partial charge is 0.490 e. The van der Waals surface area contributed by atoms with Gasteiger partial charge in [0.15, 0.2) is 17.3 Å². The molecule has 1 saturated heterocycles. The Balaban J connectivity index is 0.000000406. The summed E-state index contributed by atoms with van der Waals surface area (Å²) >= 11 is 0. The minimum atomic E-state index is -5.08. The Bertz CT molecular complexity index is 1130. The molecular formula is C23H22F3N3O5. The second kappa shape index (κ2) is 10.1. The molecule has 11 heteroatoms. The zero-order chi connectivity index (χ0) is 25.0. The number of carbonyl (C=O) groups is 4. The summed E-state index contributed by atoms with van der Waals surface area (Å²) < 4.78 is 31.7. The van der Waals surface area contributed by atoms with Gasteiger partial charge in [-0.1, -0.05) is 36.4 Å². The van der Waals surface area contributed by atoms with E-state index in [0.29, 0.717) is 54.1 Å². The summed E-state index contributed by atoms with van der Waals surface area (Å²) in [7, 11) is 0. The highest BCUT2D eigenvalue weighted by molar-refractivity contribution is 6.30. The molecule has 1 aliphatic carbocycles. The highest BCUT2D eigenvalue weighted by atomic mass is 19.4. The first-order valence-corrected chi connectivity index (χ1v) is 10.4. The fraction of sp³-hybridized carbons (Fsp3) is 0.304. The summed E-state index contributed by atoms with van der Waals surface area (Å²) in [5, 5.41) is 10.4. The Kier molecular flexibility index (Phi) is 7.48. The lowest BCUT2D eigenvalue weighted by Crippen LogP contribution is -2.55. The summed E-state index contributed by atoms with van der Waals surface area (Å²) in [5.41, 5.74) is 7.87. The number of hydrogen-bond donors (Lipinski definition) is 3. The van der Waals surface area contributed by atoms with Crippen LogP contribution in [0.15, 0.2) is 42.5 Å². The third-order valence-electron chi connectivity index (χ3n) is 5.49. The fourth-order valence-electron chi connectivity index (χ4n) is 3.96. The molecule has 34 heavy (non-hydrogen) atoms. The second-order valence-electron chi connectivity index (χ2n) is 7.62. The number of hydrogen-bond acceptors (Lipinski definition) is 7. The molecule has 0 spiro atoms. The van der Waals surface area contributed by atoms with Gasteiger partial charge in [0.1, 0.15) is 6.04 Å². The highest BCUT2D eigenvalue weighted by Crippen LogP contribution is 2.35. The zero-order valence-electron chi connectivity index (χ0n) is 17.9. The Morgan fingerprint density at radius 1 is 1.03 bits per heavy atom. The lowest BCUT2D eigenvalue weighted by atomic mass is 9.82. The highest BCUT2D eigenvalue weighted by Gasteiger charge is 2.38. The first-order valence-electron chi connectivity index (χ1n) is 10.4. The number of fused-ring (bicyclic) bond motifs is 2. The average molecular weight is 477 g/mol. The number of ketones is 3. The van der Waals surface area contributed by atoms with Crippen LogP contribution in [0.3, 0.4) is 0 Å². The van der Waals surface area contributed by atoms with Gasteiger partial charge in [0, 0.05) is 48.4 Å². The van der Waals surface area contributed by atoms with Gasteiger partial charge in [0.05, 0.1) is 5.56 Å². The second-order valence-corrected chi connectivity index (χ2v) is 7.62. The molecular weight excluding hydrogens is 455 g/mol. The first kappa shape index (κ1) is 25.1. The van der Waals surface area contributed by atoms with E-state index >= 15 is 0 Å². The summed E-state index contributed by atoms with van der Waals surface area (Å²) in [5.74, 6) is -3.04. The smallest absolute Gasteiger partial charge is 0.475 e. The molecule has 1 unspecified atom stereocenters. The van der Waals surface area contributed by atoms with Crippen LogP contribution >= 0.6 is 0 Å². The van der Waals surface area contributed by atoms with Crippen molar-refractivity contribution in [2.24, 2.45) is 5.73 Å². The summed E-state index contributed by atoms with van der Waals surface area (Å²) in [6.07, 6.45) is -4.80. The van der Waals surface area contributed by atoms with Crippen molar-refractivity contribution in [2.75, 3.05) is 31.1 Å². The van der Waals surface area contributed by atoms with E-state index in [1.54, 1.807) is 36.4 Å². The molecule has 4 N–H and O–H groups in total. The van der Waals surface area contributed by atoms with E-state index in [0.717, 1.165) is 0 Å². The molecule has 0 radical (unpaired) electrons. The number of carboxylic acid groups (broad SMARTS) is 1. The van der Waals surface area contributed by atoms with Crippen molar-refractivity contribution in [1.29, 1.82) is 0 Å². The summed E-state index contributed by atoms with van der Waals surface area (Å²) in [4.78, 5) is 49.6. The molecule has 8 nitrogen and oxygen atoms in total. The summed E-state index contributed by atoms with van der Waals surface area (Å²) in [6, 6.07) is 11.8. The van der Waals surface area contributed by atoms with Crippen LogP contribution in [0.4, 0.5) is 18.9 Å². The molecule has 0 amide bonds. The molecule has 0 saturated carbocycles. The van der Waals surface area contributed by atoms with Crippen molar-refractivity contribution < 1.29 is 37.5 Å². The van der Waals surface area contributed by atoms with Gasteiger partial charge in [0.2, 0.25) is 0 Å². The van der Waals surface area contributed by atoms with Gasteiger partial charge >= 0.3 is 12.1 Å². The minimum Gasteiger partial charge on any atom is -0.475 e. The molecule has 2 aliphatic rings. The van der Waals surface area contributed by atoms with Crippen molar-refractivity contribution in [1.82, 2.24) is 5.32 Å². The predicted molar refractivity (Wildman–Crippen MR) is 116 cm³/mol. The molecule has 180 valence electrons. The lowest BCUT2D eigenvalue weighted by molar-refractivity contribution is -0.192. The van der Waals surface area contributed by atoms with Crippen molar-refractivity contribution in [2.45, 2.75) is 18.6 Å². The predicted octanol–water partition coefficient (Wildman–Crippen LogP) is 1.79. The maximum absolute atomic E-state index is 13.2. The number of nitrogens with two attached hydrogens (primary N) is 1. The fourth-order valence-corrected chi connectivity index (χ4v) is 3.96. The van der Waals surface area contributed by atoms with Gasteiger partial charge in [-0.3, -0.25) is 14.4 Å². The van der Waals surface area contributed by atoms with Gasteiger partial charge < -0.3 is 21.1 Å². The van der Waals surface area contributed by atoms with E-state index in [4.69, 9.17) is 15.6 Å². The van der Waals surface area contributed by atoms with E-state index in [1.165, 1.54) is 0 Å². The van der Waals surface area contributed by atoms with Crippen molar-refractivity contribution in [3.05, 3.63) is 64.7 Å². The number of nitrogens with zero attached hydrogens (tertiary/aromatic N) is 1. The van der Waals surface area contributed by atoms with Crippen LogP contribution < -0.4 is 16.0 Å². The van der Waals surface area contributed by atoms with Crippen molar-refractivity contribution in [3.63, 3.8) is 0 Å². The Labute approximate surface area is 192 Å². The number of Topliss-reactive ketones (excluding diaryl/α,β-unsaturated/α-hetero) is 1. The number of alkyl halides is 3. The third-order valence-corrected chi connectivity index (χ3v) is 5.49. The molecule has 0 aromatic heterocycles. The molecule has 4 rings (SSSR count). The molecule has 1 fully saturated rings. The number of carboxylic acids is 1. The maximum Gasteiger partial charge on any atom is 0.490 e. The minimum absolute atomic E-state index is 0.0392. The van der Waals surface area contributed by atoms with Crippen molar-refractivity contribution in [3.8, 4) is 0 Å². The van der Waals surface area contributed by atoms with Crippen LogP contribution in [0.25, 0.3) is 0 Å². The van der Waals surface area contributed by atoms with Gasteiger partial charge in [-0.2, -0.15) is 13.2 Å². The molecule has 1 atom stereocenters. The van der Waals surface area contributed by atoms with Gasteiger partial charge in [0.25, 0.3) is 0 Å². The number of rotatable bonds is 4. The number of piperazine rings is 1. The Morgan fingerprint density at radius 3 is 2.21 bits per heavy atom. The molecule has 1 heterocycles. The van der Waals surface area contributed by atoms with Crippen LogP contribution in [0.5, 0.6) is 0 Å². The maximum atomic E-state index is 13.2. The van der Waals surface area contributed by atoms with Crippen LogP contribution in [-0.4, -0.2) is 66.8 Å². The van der Waals surface area contributed by atoms with Gasteiger partial charge in [-0.15, -0.1) is 0 Å². The number of carbonyl (C=O) groups excluding carboxylic acids is 3. The first-order chi connectivity index (χ1) is 16.1. The van der Waals surface area contributed by atoms with Crippen molar-refractivity contribution >= 4 is 29.0 Å². The van der Waals surface area contributed by atoms with E-state index < -0.39 is 18.2 Å². The summed E-state index contributed by atoms with van der Waals surface area (Å²) in [6.45, 7) is 2.08. The monoisotopic (exact) mass is 477 g/mol. The zero-order valence-corrected chi connectivity index (χ0v) is 17.9. The molecule has 2 aromatic carbocycles. The lowest BCUT2D eigenvalue weighted by Gasteiger charge is -2.38. The van der Waals surface area contributed by atoms with Crippen LogP contribution in [0, 0.1) is 0 Å². The standard InChI is InChI=1S/C21H21N3O3.C2HF3O2/c22-9-8-18(25)17-12-23-10-11-24(17)16-7-3-6-15-19(16)21(27)14-5-2-1-4-13(14)20(15)26;3-2(4,5)1(6)7/h1-7,17,23H,8-12,22H2;(H,6,7). The number of nitrogens with one attached hydrogen (secondary N) is 1. The molecule has 0 bridgehead atoms. The number of aliphatic carboxylic acids is 1. The van der Waals surface area contributed by atoms with E-state index in [-0.39, 0.29) is 23.8 Å². The quantitative estimate of drug-likeness (QED) is 0.519. The van der Waals surface area contributed by atoms with E-state index in [2.05, 4.69) is 5.32 Å². The molecule has 2 aromatic rings. The number of halogens is 3. The SMILES string of the molecule is NCCC(=O)C1CNCCN1c1cccc2c1C(=O)c1ccccc1C2=O.O=C(O)C(F)(F)F. The van der Waals surface area contributed by atoms with Gasteiger partial charge in [-0.25, -0.2) is 4.79 Å². The van der Waals surface area contributed by atoms with Crippen LogP contribution in [0.2, 0.25) is 0 Å². The number of anilines is 1. The van der Waals surface area contributed by atoms with Crippen LogP contribution in [-0.2, 0) is 9.59 Å². The molecule has 1 aliphatic heterocycles. The van der Waals surface area contributed by atoms with E-state index in [9.17, 15) is 27.6 Å². The Hall–Kier alpha value is -3.57. The average Bonchev–Trinajstić information content (AvgIpc) is 2.82. The van der Waals surface area contributed by atoms with Crippen LogP contribution in [0.1, 0.15) is 38.3 Å². The normalized spacial score (nSPS) is 17.3. The topological polar surface area (TPSA) is 130 Å². The number of benzene rings is 2. The van der Waals surface area contributed by atoms with E-state index in [1.807, 2.05) is 11.0 Å². The Morgan fingerprint density at radius 2 is 1.62 bits per heavy atom.